The Labute approximate surface area is 130 Å². The van der Waals surface area contributed by atoms with Gasteiger partial charge in [0, 0.05) is 41.5 Å². The van der Waals surface area contributed by atoms with Gasteiger partial charge in [0.05, 0.1) is 6.61 Å². The van der Waals surface area contributed by atoms with Gasteiger partial charge >= 0.3 is 0 Å². The zero-order chi connectivity index (χ0) is 14.9. The van der Waals surface area contributed by atoms with Gasteiger partial charge in [-0.05, 0) is 25.5 Å². The Kier molecular flexibility index (Phi) is 7.20. The van der Waals surface area contributed by atoms with Gasteiger partial charge in [-0.3, -0.25) is 4.90 Å². The van der Waals surface area contributed by atoms with Crippen molar-refractivity contribution in [3.8, 4) is 11.8 Å². The van der Waals surface area contributed by atoms with Crippen molar-refractivity contribution in [2.24, 2.45) is 0 Å². The van der Waals surface area contributed by atoms with Gasteiger partial charge < -0.3 is 15.5 Å². The lowest BCUT2D eigenvalue weighted by Crippen LogP contribution is -2.44. The molecule has 0 amide bonds. The Morgan fingerprint density at radius 1 is 1.38 bits per heavy atom. The third kappa shape index (κ3) is 5.42. The van der Waals surface area contributed by atoms with Crippen molar-refractivity contribution < 1.29 is 10.2 Å². The van der Waals surface area contributed by atoms with Gasteiger partial charge in [0.1, 0.15) is 6.61 Å². The van der Waals surface area contributed by atoms with E-state index >= 15 is 0 Å². The highest BCUT2D eigenvalue weighted by atomic mass is 32.1. The Balaban J connectivity index is 1.68. The van der Waals surface area contributed by atoms with Crippen LogP contribution in [0, 0.1) is 11.8 Å². The van der Waals surface area contributed by atoms with E-state index in [0.29, 0.717) is 6.04 Å². The van der Waals surface area contributed by atoms with E-state index in [1.165, 1.54) is 17.7 Å². The lowest BCUT2D eigenvalue weighted by atomic mass is 10.0. The summed E-state index contributed by atoms with van der Waals surface area (Å²) in [4.78, 5) is 3.65. The average Bonchev–Trinajstić information content (AvgIpc) is 2.97. The summed E-state index contributed by atoms with van der Waals surface area (Å²) < 4.78 is 0. The number of nitrogens with one attached hydrogen (secondary N) is 1. The van der Waals surface area contributed by atoms with Crippen LogP contribution in [0.4, 0.5) is 0 Å². The number of likely N-dealkylation sites (tertiary alicyclic amines) is 1. The molecular weight excluding hydrogens is 284 g/mol. The van der Waals surface area contributed by atoms with Crippen molar-refractivity contribution in [3.05, 3.63) is 21.9 Å². The maximum atomic E-state index is 9.38. The van der Waals surface area contributed by atoms with Gasteiger partial charge in [0.15, 0.2) is 0 Å². The van der Waals surface area contributed by atoms with Crippen molar-refractivity contribution in [2.75, 3.05) is 32.8 Å². The van der Waals surface area contributed by atoms with Gasteiger partial charge in [0.25, 0.3) is 0 Å². The van der Waals surface area contributed by atoms with Gasteiger partial charge in [-0.25, -0.2) is 0 Å². The van der Waals surface area contributed by atoms with Crippen LogP contribution in [0.3, 0.4) is 0 Å². The van der Waals surface area contributed by atoms with Crippen LogP contribution in [0.5, 0.6) is 0 Å². The predicted octanol–water partition coefficient (Wildman–Crippen LogP) is 1.03. The Bertz CT molecular complexity index is 478. The zero-order valence-electron chi connectivity index (χ0n) is 12.3. The van der Waals surface area contributed by atoms with E-state index in [2.05, 4.69) is 28.1 Å². The molecule has 1 atom stereocenters. The smallest absolute Gasteiger partial charge is 0.104 e. The molecular formula is C16H24N2O2S. The highest BCUT2D eigenvalue weighted by Crippen LogP contribution is 2.16. The molecule has 1 aromatic heterocycles. The number of thiophene rings is 1. The fourth-order valence-electron chi connectivity index (χ4n) is 2.68. The van der Waals surface area contributed by atoms with Crippen LogP contribution >= 0.6 is 11.3 Å². The van der Waals surface area contributed by atoms with Crippen LogP contribution in [0.1, 0.15) is 29.7 Å². The molecule has 5 heteroatoms. The summed E-state index contributed by atoms with van der Waals surface area (Å²) in [5, 5.41) is 23.5. The first-order valence-electron chi connectivity index (χ1n) is 7.56. The molecule has 4 nitrogen and oxygen atoms in total. The lowest BCUT2D eigenvalue weighted by molar-refractivity contribution is 0.0910. The van der Waals surface area contributed by atoms with Crippen LogP contribution < -0.4 is 5.32 Å². The van der Waals surface area contributed by atoms with Crippen LogP contribution in [-0.4, -0.2) is 54.0 Å². The van der Waals surface area contributed by atoms with E-state index < -0.39 is 0 Å². The number of rotatable bonds is 6. The molecule has 1 aromatic rings. The minimum Gasteiger partial charge on any atom is -0.395 e. The van der Waals surface area contributed by atoms with E-state index in [-0.39, 0.29) is 13.2 Å². The zero-order valence-corrected chi connectivity index (χ0v) is 13.2. The number of hydrogen-bond acceptors (Lipinski definition) is 5. The molecule has 3 N–H and O–H groups in total. The van der Waals surface area contributed by atoms with E-state index in [0.717, 1.165) is 38.2 Å². The minimum atomic E-state index is -0.0920. The second kappa shape index (κ2) is 9.19. The summed E-state index contributed by atoms with van der Waals surface area (Å²) >= 11 is 1.69. The summed E-state index contributed by atoms with van der Waals surface area (Å²) in [7, 11) is 0. The predicted molar refractivity (Wildman–Crippen MR) is 86.3 cm³/mol. The first-order chi connectivity index (χ1) is 10.3. The third-order valence-corrected chi connectivity index (χ3v) is 4.74. The molecule has 21 heavy (non-hydrogen) atoms. The third-order valence-electron chi connectivity index (χ3n) is 3.80. The van der Waals surface area contributed by atoms with E-state index in [1.54, 1.807) is 11.3 Å². The van der Waals surface area contributed by atoms with Crippen LogP contribution in [0.15, 0.2) is 11.4 Å². The molecule has 0 saturated carbocycles. The molecule has 0 aliphatic carbocycles. The van der Waals surface area contributed by atoms with Crippen LogP contribution in [0.2, 0.25) is 0 Å². The number of nitrogens with zero attached hydrogens (tertiary/aromatic N) is 1. The molecule has 1 aliphatic rings. The number of hydrogen-bond donors (Lipinski definition) is 3. The quantitative estimate of drug-likeness (QED) is 0.543. The van der Waals surface area contributed by atoms with Crippen molar-refractivity contribution in [1.82, 2.24) is 10.2 Å². The van der Waals surface area contributed by atoms with Gasteiger partial charge in [0.2, 0.25) is 0 Å². The van der Waals surface area contributed by atoms with E-state index in [9.17, 15) is 5.11 Å². The van der Waals surface area contributed by atoms with Crippen molar-refractivity contribution in [1.29, 1.82) is 0 Å². The SMILES string of the molecule is OCC#Cc1csc(CNCCN2CCCCC2CO)c1. The molecule has 0 spiro atoms. The molecule has 1 unspecified atom stereocenters. The Morgan fingerprint density at radius 2 is 2.29 bits per heavy atom. The first kappa shape index (κ1) is 16.5. The molecule has 1 saturated heterocycles. The number of aliphatic hydroxyl groups excluding tert-OH is 2. The van der Waals surface area contributed by atoms with Crippen LogP contribution in [0.25, 0.3) is 0 Å². The second-order valence-electron chi connectivity index (χ2n) is 5.31. The van der Waals surface area contributed by atoms with Gasteiger partial charge in [-0.15, -0.1) is 11.3 Å². The molecule has 2 heterocycles. The van der Waals surface area contributed by atoms with Gasteiger partial charge in [-0.1, -0.05) is 18.3 Å². The van der Waals surface area contributed by atoms with Gasteiger partial charge in [-0.2, -0.15) is 0 Å². The standard InChI is InChI=1S/C16H24N2O2S/c19-9-3-4-14-10-16(21-13-14)11-17-6-8-18-7-2-1-5-15(18)12-20/h10,13,15,17,19-20H,1-2,5-9,11-12H2. The summed E-state index contributed by atoms with van der Waals surface area (Å²) in [6.07, 6.45) is 3.60. The number of piperidine rings is 1. The highest BCUT2D eigenvalue weighted by molar-refractivity contribution is 7.10. The largest absolute Gasteiger partial charge is 0.395 e. The lowest BCUT2D eigenvalue weighted by Gasteiger charge is -2.34. The molecule has 0 aromatic carbocycles. The maximum Gasteiger partial charge on any atom is 0.104 e. The molecule has 2 rings (SSSR count). The topological polar surface area (TPSA) is 55.7 Å². The van der Waals surface area contributed by atoms with E-state index in [4.69, 9.17) is 5.11 Å². The molecule has 1 fully saturated rings. The summed E-state index contributed by atoms with van der Waals surface area (Å²) in [6, 6.07) is 2.42. The summed E-state index contributed by atoms with van der Waals surface area (Å²) in [6.45, 7) is 4.07. The first-order valence-corrected chi connectivity index (χ1v) is 8.44. The van der Waals surface area contributed by atoms with Crippen LogP contribution in [-0.2, 0) is 6.54 Å². The molecule has 1 aliphatic heterocycles. The Hall–Kier alpha value is -0.900. The fourth-order valence-corrected chi connectivity index (χ4v) is 3.46. The molecule has 116 valence electrons. The summed E-state index contributed by atoms with van der Waals surface area (Å²) in [5.74, 6) is 5.58. The summed E-state index contributed by atoms with van der Waals surface area (Å²) in [5.41, 5.74) is 0.974. The van der Waals surface area contributed by atoms with Crippen molar-refractivity contribution >= 4 is 11.3 Å². The average molecular weight is 308 g/mol. The normalized spacial score (nSPS) is 19.2. The molecule has 0 bridgehead atoms. The number of aliphatic hydroxyl groups is 2. The highest BCUT2D eigenvalue weighted by Gasteiger charge is 2.20. The minimum absolute atomic E-state index is 0.0920. The monoisotopic (exact) mass is 308 g/mol. The Morgan fingerprint density at radius 3 is 3.10 bits per heavy atom. The molecule has 0 radical (unpaired) electrons. The van der Waals surface area contributed by atoms with Crippen molar-refractivity contribution in [3.63, 3.8) is 0 Å². The maximum absolute atomic E-state index is 9.38. The van der Waals surface area contributed by atoms with E-state index in [1.807, 2.05) is 5.38 Å². The second-order valence-corrected chi connectivity index (χ2v) is 6.30. The fraction of sp³-hybridized carbons (Fsp3) is 0.625. The van der Waals surface area contributed by atoms with Crippen molar-refractivity contribution in [2.45, 2.75) is 31.8 Å².